The molecule has 2 atom stereocenters. The minimum atomic E-state index is -0.0137. The molecule has 0 heterocycles. The normalized spacial score (nSPS) is 23.2. The first-order chi connectivity index (χ1) is 9.04. The summed E-state index contributed by atoms with van der Waals surface area (Å²) < 4.78 is 5.29. The van der Waals surface area contributed by atoms with Crippen LogP contribution in [0.15, 0.2) is 12.1 Å². The third-order valence-electron chi connectivity index (χ3n) is 4.16. The van der Waals surface area contributed by atoms with Gasteiger partial charge in [0, 0.05) is 17.5 Å². The number of hydrogen-bond acceptors (Lipinski definition) is 3. The second kappa shape index (κ2) is 5.74. The Morgan fingerprint density at radius 2 is 1.89 bits per heavy atom. The minimum absolute atomic E-state index is 0.0137. The maximum atomic E-state index is 12.7. The maximum Gasteiger partial charge on any atom is 0.167 e. The fourth-order valence-electron chi connectivity index (χ4n) is 2.96. The van der Waals surface area contributed by atoms with Crippen molar-refractivity contribution in [3.63, 3.8) is 0 Å². The van der Waals surface area contributed by atoms with Gasteiger partial charge in [-0.25, -0.2) is 0 Å². The fourth-order valence-corrected chi connectivity index (χ4v) is 2.96. The van der Waals surface area contributed by atoms with Crippen LogP contribution in [0, 0.1) is 19.8 Å². The molecule has 0 aromatic heterocycles. The molecule has 19 heavy (non-hydrogen) atoms. The van der Waals surface area contributed by atoms with Gasteiger partial charge in [0.2, 0.25) is 0 Å². The van der Waals surface area contributed by atoms with Crippen LogP contribution >= 0.6 is 0 Å². The topological polar surface area (TPSA) is 52.3 Å². The number of Topliss-reactive ketones (excluding diaryl/α,β-unsaturated/α-hetero) is 1. The van der Waals surface area contributed by atoms with Crippen molar-refractivity contribution < 1.29 is 9.53 Å². The largest absolute Gasteiger partial charge is 0.496 e. The molecular formula is C16H23NO2. The third kappa shape index (κ3) is 2.81. The number of ketones is 1. The Morgan fingerprint density at radius 3 is 2.53 bits per heavy atom. The molecular weight excluding hydrogens is 238 g/mol. The molecule has 1 saturated carbocycles. The van der Waals surface area contributed by atoms with Crippen molar-refractivity contribution in [3.05, 3.63) is 28.8 Å². The molecule has 1 aliphatic carbocycles. The van der Waals surface area contributed by atoms with Crippen LogP contribution in [0.3, 0.4) is 0 Å². The molecule has 1 fully saturated rings. The van der Waals surface area contributed by atoms with Crippen molar-refractivity contribution in [1.82, 2.24) is 0 Å². The van der Waals surface area contributed by atoms with Crippen LogP contribution in [0.4, 0.5) is 0 Å². The number of carbonyl (C=O) groups is 1. The van der Waals surface area contributed by atoms with E-state index in [1.54, 1.807) is 7.11 Å². The zero-order valence-electron chi connectivity index (χ0n) is 12.0. The second-order valence-electron chi connectivity index (χ2n) is 5.56. The lowest BCUT2D eigenvalue weighted by molar-refractivity contribution is 0.0870. The van der Waals surface area contributed by atoms with E-state index in [0.717, 1.165) is 48.1 Å². The Bertz CT molecular complexity index is 482. The van der Waals surface area contributed by atoms with Gasteiger partial charge in [-0.2, -0.15) is 0 Å². The lowest BCUT2D eigenvalue weighted by Crippen LogP contribution is -2.38. The first kappa shape index (κ1) is 14.1. The van der Waals surface area contributed by atoms with E-state index >= 15 is 0 Å². The van der Waals surface area contributed by atoms with Crippen LogP contribution in [0.1, 0.15) is 47.2 Å². The van der Waals surface area contributed by atoms with Gasteiger partial charge in [0.05, 0.1) is 7.11 Å². The summed E-state index contributed by atoms with van der Waals surface area (Å²) >= 11 is 0. The van der Waals surface area contributed by atoms with E-state index in [0.29, 0.717) is 0 Å². The number of nitrogens with two attached hydrogens (primary N) is 1. The Balaban J connectivity index is 2.30. The molecule has 2 N–H and O–H groups in total. The van der Waals surface area contributed by atoms with Gasteiger partial charge in [0.1, 0.15) is 5.75 Å². The fraction of sp³-hybridized carbons (Fsp3) is 0.562. The van der Waals surface area contributed by atoms with Crippen molar-refractivity contribution in [2.24, 2.45) is 11.7 Å². The number of hydrogen-bond donors (Lipinski definition) is 1. The molecule has 3 nitrogen and oxygen atoms in total. The summed E-state index contributed by atoms with van der Waals surface area (Å²) in [6.45, 7) is 3.93. The van der Waals surface area contributed by atoms with Crippen molar-refractivity contribution in [3.8, 4) is 5.75 Å². The van der Waals surface area contributed by atoms with Crippen LogP contribution in [-0.4, -0.2) is 18.9 Å². The Kier molecular flexibility index (Phi) is 4.25. The van der Waals surface area contributed by atoms with Gasteiger partial charge in [-0.05, 0) is 49.9 Å². The molecule has 0 saturated heterocycles. The average molecular weight is 261 g/mol. The third-order valence-corrected chi connectivity index (χ3v) is 4.16. The summed E-state index contributed by atoms with van der Waals surface area (Å²) in [6.07, 6.45) is 4.14. The number of carbonyl (C=O) groups excluding carboxylic acids is 1. The summed E-state index contributed by atoms with van der Waals surface area (Å²) in [7, 11) is 1.65. The first-order valence-electron chi connectivity index (χ1n) is 6.99. The molecule has 0 spiro atoms. The molecule has 3 heteroatoms. The summed E-state index contributed by atoms with van der Waals surface area (Å²) in [5.41, 5.74) is 8.90. The molecule has 1 aromatic carbocycles. The van der Waals surface area contributed by atoms with Crippen molar-refractivity contribution in [2.75, 3.05) is 7.11 Å². The highest BCUT2D eigenvalue weighted by molar-refractivity contribution is 6.00. The molecule has 0 amide bonds. The van der Waals surface area contributed by atoms with E-state index in [1.165, 1.54) is 0 Å². The van der Waals surface area contributed by atoms with Crippen LogP contribution in [0.25, 0.3) is 0 Å². The zero-order chi connectivity index (χ0) is 14.0. The molecule has 2 unspecified atom stereocenters. The van der Waals surface area contributed by atoms with Gasteiger partial charge in [-0.3, -0.25) is 4.79 Å². The van der Waals surface area contributed by atoms with E-state index in [-0.39, 0.29) is 17.7 Å². The standard InChI is InChI=1S/C16H23NO2/c1-10-9-15(19-3)11(2)8-13(10)16(18)12-6-4-5-7-14(12)17/h8-9,12,14H,4-7,17H2,1-3H3. The maximum absolute atomic E-state index is 12.7. The quantitative estimate of drug-likeness (QED) is 0.851. The van der Waals surface area contributed by atoms with Gasteiger partial charge < -0.3 is 10.5 Å². The van der Waals surface area contributed by atoms with Gasteiger partial charge >= 0.3 is 0 Å². The van der Waals surface area contributed by atoms with Crippen molar-refractivity contribution >= 4 is 5.78 Å². The molecule has 0 aliphatic heterocycles. The van der Waals surface area contributed by atoms with Crippen molar-refractivity contribution in [1.29, 1.82) is 0 Å². The predicted octanol–water partition coefficient (Wildman–Crippen LogP) is 3.01. The van der Waals surface area contributed by atoms with E-state index < -0.39 is 0 Å². The first-order valence-corrected chi connectivity index (χ1v) is 6.99. The molecule has 0 radical (unpaired) electrons. The highest BCUT2D eigenvalue weighted by atomic mass is 16.5. The summed E-state index contributed by atoms with van der Waals surface area (Å²) in [6, 6.07) is 3.90. The Labute approximate surface area is 115 Å². The predicted molar refractivity (Wildman–Crippen MR) is 76.7 cm³/mol. The monoisotopic (exact) mass is 261 g/mol. The Morgan fingerprint density at radius 1 is 1.21 bits per heavy atom. The highest BCUT2D eigenvalue weighted by Gasteiger charge is 2.29. The SMILES string of the molecule is COc1cc(C)c(C(=O)C2CCCCC2N)cc1C. The molecule has 1 aliphatic rings. The minimum Gasteiger partial charge on any atom is -0.496 e. The van der Waals surface area contributed by atoms with Gasteiger partial charge in [0.15, 0.2) is 5.78 Å². The summed E-state index contributed by atoms with van der Waals surface area (Å²) in [4.78, 5) is 12.7. The van der Waals surface area contributed by atoms with Gasteiger partial charge in [-0.15, -0.1) is 0 Å². The van der Waals surface area contributed by atoms with E-state index in [4.69, 9.17) is 10.5 Å². The lowest BCUT2D eigenvalue weighted by atomic mass is 9.79. The number of rotatable bonds is 3. The highest BCUT2D eigenvalue weighted by Crippen LogP contribution is 2.29. The zero-order valence-corrected chi connectivity index (χ0v) is 12.0. The molecule has 104 valence electrons. The smallest absolute Gasteiger partial charge is 0.167 e. The number of ether oxygens (including phenoxy) is 1. The van der Waals surface area contributed by atoms with Crippen LogP contribution in [-0.2, 0) is 0 Å². The number of methoxy groups -OCH3 is 1. The summed E-state index contributed by atoms with van der Waals surface area (Å²) in [5, 5.41) is 0. The lowest BCUT2D eigenvalue weighted by Gasteiger charge is -2.28. The van der Waals surface area contributed by atoms with E-state index in [9.17, 15) is 4.79 Å². The Hall–Kier alpha value is -1.35. The molecule has 1 aromatic rings. The van der Waals surface area contributed by atoms with E-state index in [2.05, 4.69) is 0 Å². The van der Waals surface area contributed by atoms with E-state index in [1.807, 2.05) is 26.0 Å². The second-order valence-corrected chi connectivity index (χ2v) is 5.56. The van der Waals surface area contributed by atoms with Gasteiger partial charge in [-0.1, -0.05) is 12.8 Å². The van der Waals surface area contributed by atoms with Crippen molar-refractivity contribution in [2.45, 2.75) is 45.6 Å². The van der Waals surface area contributed by atoms with Crippen LogP contribution < -0.4 is 10.5 Å². The molecule has 2 rings (SSSR count). The molecule has 0 bridgehead atoms. The van der Waals surface area contributed by atoms with Gasteiger partial charge in [0.25, 0.3) is 0 Å². The summed E-state index contributed by atoms with van der Waals surface area (Å²) in [5.74, 6) is 1.03. The van der Waals surface area contributed by atoms with Crippen LogP contribution in [0.2, 0.25) is 0 Å². The number of aryl methyl sites for hydroxylation is 2. The average Bonchev–Trinajstić information content (AvgIpc) is 2.40. The number of benzene rings is 1. The van der Waals surface area contributed by atoms with Crippen LogP contribution in [0.5, 0.6) is 5.75 Å².